The van der Waals surface area contributed by atoms with Gasteiger partial charge in [0, 0.05) is 19.1 Å². The van der Waals surface area contributed by atoms with Gasteiger partial charge in [0.1, 0.15) is 0 Å². The van der Waals surface area contributed by atoms with Crippen molar-refractivity contribution in [1.29, 1.82) is 0 Å². The van der Waals surface area contributed by atoms with Crippen molar-refractivity contribution in [3.8, 4) is 0 Å². The fourth-order valence-electron chi connectivity index (χ4n) is 1.90. The van der Waals surface area contributed by atoms with E-state index >= 15 is 0 Å². The number of nitrogens with two attached hydrogens (primary N) is 1. The number of hydrazine groups is 1. The van der Waals surface area contributed by atoms with Crippen LogP contribution in [0.2, 0.25) is 0 Å². The van der Waals surface area contributed by atoms with Gasteiger partial charge in [-0.3, -0.25) is 10.6 Å². The first kappa shape index (κ1) is 8.01. The Bertz CT molecular complexity index is 202. The van der Waals surface area contributed by atoms with E-state index in [0.717, 1.165) is 32.3 Å². The number of hydrogen-bond donors (Lipinski definition) is 1. The molecule has 2 N–H and O–H groups in total. The maximum Gasteiger partial charge on any atom is 0.210 e. The molecule has 2 rings (SSSR count). The lowest BCUT2D eigenvalue weighted by atomic mass is 10.1. The van der Waals surface area contributed by atoms with Gasteiger partial charge in [0.25, 0.3) is 0 Å². The van der Waals surface area contributed by atoms with E-state index in [1.54, 1.807) is 0 Å². The molecular weight excluding hydrogens is 154 g/mol. The van der Waals surface area contributed by atoms with Crippen LogP contribution in [0.1, 0.15) is 19.8 Å². The summed E-state index contributed by atoms with van der Waals surface area (Å²) in [5.74, 6) is 5.87. The molecular formula is C8H15N3O. The number of amides is 1. The standard InChI is InChI=1S/C8H15N3O/c1-7-4-11(9)8(2-3-8)5-10(7)6-12/h6-7H,2-5,9H2,1H3. The van der Waals surface area contributed by atoms with Crippen molar-refractivity contribution >= 4 is 6.41 Å². The van der Waals surface area contributed by atoms with Crippen LogP contribution in [-0.2, 0) is 4.79 Å². The number of rotatable bonds is 1. The monoisotopic (exact) mass is 169 g/mol. The molecule has 1 amide bonds. The fourth-order valence-corrected chi connectivity index (χ4v) is 1.90. The Balaban J connectivity index is 2.08. The number of hydrogen-bond acceptors (Lipinski definition) is 3. The highest BCUT2D eigenvalue weighted by Gasteiger charge is 2.51. The van der Waals surface area contributed by atoms with Crippen LogP contribution in [0.15, 0.2) is 0 Å². The van der Waals surface area contributed by atoms with Crippen LogP contribution < -0.4 is 5.84 Å². The van der Waals surface area contributed by atoms with Crippen molar-refractivity contribution in [2.24, 2.45) is 5.84 Å². The predicted octanol–water partition coefficient (Wildman–Crippen LogP) is -0.445. The van der Waals surface area contributed by atoms with Gasteiger partial charge in [-0.15, -0.1) is 0 Å². The van der Waals surface area contributed by atoms with Gasteiger partial charge in [-0.25, -0.2) is 5.01 Å². The number of carbonyl (C=O) groups excluding carboxylic acids is 1. The second-order valence-corrected chi connectivity index (χ2v) is 4.00. The molecule has 1 saturated carbocycles. The second-order valence-electron chi connectivity index (χ2n) is 4.00. The van der Waals surface area contributed by atoms with Crippen LogP contribution in [-0.4, -0.2) is 41.0 Å². The zero-order valence-electron chi connectivity index (χ0n) is 7.36. The van der Waals surface area contributed by atoms with Crippen LogP contribution in [0.25, 0.3) is 0 Å². The molecule has 1 spiro atoms. The molecule has 1 saturated heterocycles. The summed E-state index contributed by atoms with van der Waals surface area (Å²) in [7, 11) is 0. The van der Waals surface area contributed by atoms with E-state index in [1.165, 1.54) is 0 Å². The third kappa shape index (κ3) is 1.03. The van der Waals surface area contributed by atoms with E-state index in [1.807, 2.05) is 16.8 Å². The lowest BCUT2D eigenvalue weighted by Gasteiger charge is -2.42. The molecule has 2 aliphatic rings. The SMILES string of the molecule is CC1CN(N)C2(CC2)CN1C=O. The highest BCUT2D eigenvalue weighted by Crippen LogP contribution is 2.42. The van der Waals surface area contributed by atoms with Crippen molar-refractivity contribution in [3.63, 3.8) is 0 Å². The molecule has 2 fully saturated rings. The zero-order valence-corrected chi connectivity index (χ0v) is 7.36. The molecule has 0 aromatic rings. The van der Waals surface area contributed by atoms with E-state index in [-0.39, 0.29) is 11.6 Å². The van der Waals surface area contributed by atoms with Gasteiger partial charge < -0.3 is 4.90 Å². The Morgan fingerprint density at radius 3 is 2.75 bits per heavy atom. The normalized spacial score (nSPS) is 33.8. The molecule has 0 radical (unpaired) electrons. The van der Waals surface area contributed by atoms with Crippen LogP contribution in [0.5, 0.6) is 0 Å². The molecule has 1 aliphatic carbocycles. The zero-order chi connectivity index (χ0) is 8.77. The summed E-state index contributed by atoms with van der Waals surface area (Å²) in [5.41, 5.74) is 0.146. The third-order valence-corrected chi connectivity index (χ3v) is 3.08. The summed E-state index contributed by atoms with van der Waals surface area (Å²) in [4.78, 5) is 12.5. The predicted molar refractivity (Wildman–Crippen MR) is 45.1 cm³/mol. The van der Waals surface area contributed by atoms with Crippen LogP contribution in [0.4, 0.5) is 0 Å². The van der Waals surface area contributed by atoms with Crippen molar-refractivity contribution in [1.82, 2.24) is 9.91 Å². The van der Waals surface area contributed by atoms with Gasteiger partial charge in [0.2, 0.25) is 6.41 Å². The summed E-state index contributed by atoms with van der Waals surface area (Å²) in [5, 5.41) is 1.91. The lowest BCUT2D eigenvalue weighted by molar-refractivity contribution is -0.124. The Morgan fingerprint density at radius 1 is 1.58 bits per heavy atom. The summed E-state index contributed by atoms with van der Waals surface area (Å²) < 4.78 is 0. The molecule has 4 heteroatoms. The van der Waals surface area contributed by atoms with E-state index in [0.29, 0.717) is 0 Å². The molecule has 0 aromatic carbocycles. The molecule has 0 bridgehead atoms. The number of piperazine rings is 1. The molecule has 1 heterocycles. The van der Waals surface area contributed by atoms with Gasteiger partial charge in [-0.2, -0.15) is 0 Å². The van der Waals surface area contributed by atoms with Gasteiger partial charge in [-0.05, 0) is 19.8 Å². The van der Waals surface area contributed by atoms with Crippen molar-refractivity contribution in [2.45, 2.75) is 31.3 Å². The van der Waals surface area contributed by atoms with E-state index < -0.39 is 0 Å². The lowest BCUT2D eigenvalue weighted by Crippen LogP contribution is -2.60. The second kappa shape index (κ2) is 2.44. The highest BCUT2D eigenvalue weighted by molar-refractivity contribution is 5.49. The largest absolute Gasteiger partial charge is 0.339 e. The maximum absolute atomic E-state index is 10.7. The third-order valence-electron chi connectivity index (χ3n) is 3.08. The first-order valence-corrected chi connectivity index (χ1v) is 4.41. The van der Waals surface area contributed by atoms with Crippen LogP contribution in [0, 0.1) is 0 Å². The van der Waals surface area contributed by atoms with Gasteiger partial charge in [0.15, 0.2) is 0 Å². The smallest absolute Gasteiger partial charge is 0.210 e. The highest BCUT2D eigenvalue weighted by atomic mass is 16.1. The minimum Gasteiger partial charge on any atom is -0.339 e. The Kier molecular flexibility index (Phi) is 1.63. The van der Waals surface area contributed by atoms with Crippen LogP contribution >= 0.6 is 0 Å². The molecule has 1 unspecified atom stereocenters. The minimum absolute atomic E-state index is 0.146. The van der Waals surface area contributed by atoms with Gasteiger partial charge in [0.05, 0.1) is 5.54 Å². The molecule has 4 nitrogen and oxygen atoms in total. The molecule has 1 aliphatic heterocycles. The molecule has 12 heavy (non-hydrogen) atoms. The molecule has 1 atom stereocenters. The van der Waals surface area contributed by atoms with E-state index in [2.05, 4.69) is 0 Å². The average Bonchev–Trinajstić information content (AvgIpc) is 2.79. The average molecular weight is 169 g/mol. The number of carbonyl (C=O) groups is 1. The Morgan fingerprint density at radius 2 is 2.25 bits per heavy atom. The van der Waals surface area contributed by atoms with Gasteiger partial charge in [-0.1, -0.05) is 0 Å². The van der Waals surface area contributed by atoms with E-state index in [4.69, 9.17) is 5.84 Å². The molecule has 0 aromatic heterocycles. The topological polar surface area (TPSA) is 49.6 Å². The summed E-state index contributed by atoms with van der Waals surface area (Å²) in [6, 6.07) is 0.263. The van der Waals surface area contributed by atoms with E-state index in [9.17, 15) is 4.79 Å². The van der Waals surface area contributed by atoms with Gasteiger partial charge >= 0.3 is 0 Å². The van der Waals surface area contributed by atoms with Crippen molar-refractivity contribution in [2.75, 3.05) is 13.1 Å². The Hall–Kier alpha value is -0.610. The number of nitrogens with zero attached hydrogens (tertiary/aromatic N) is 2. The maximum atomic E-state index is 10.7. The quantitative estimate of drug-likeness (QED) is 0.427. The minimum atomic E-state index is 0.146. The molecule has 68 valence electrons. The fraction of sp³-hybridized carbons (Fsp3) is 0.875. The summed E-state index contributed by atoms with van der Waals surface area (Å²) in [6.45, 7) is 3.65. The first-order valence-electron chi connectivity index (χ1n) is 4.41. The summed E-state index contributed by atoms with van der Waals surface area (Å²) in [6.07, 6.45) is 3.22. The summed E-state index contributed by atoms with van der Waals surface area (Å²) >= 11 is 0. The van der Waals surface area contributed by atoms with Crippen molar-refractivity contribution < 1.29 is 4.79 Å². The first-order chi connectivity index (χ1) is 5.68. The Labute approximate surface area is 72.3 Å². The van der Waals surface area contributed by atoms with Crippen molar-refractivity contribution in [3.05, 3.63) is 0 Å². The van der Waals surface area contributed by atoms with Crippen LogP contribution in [0.3, 0.4) is 0 Å².